The Morgan fingerprint density at radius 2 is 1.73 bits per heavy atom. The molecule has 8 nitrogen and oxygen atoms in total. The van der Waals surface area contributed by atoms with Gasteiger partial charge in [-0.3, -0.25) is 10.1 Å². The summed E-state index contributed by atoms with van der Waals surface area (Å²) in [5, 5.41) is 6.42. The van der Waals surface area contributed by atoms with Crippen molar-refractivity contribution in [1.82, 2.24) is 9.97 Å². The van der Waals surface area contributed by atoms with Crippen LogP contribution in [0.5, 0.6) is 5.75 Å². The fraction of sp³-hybridized carbons (Fsp3) is 0.0968. The van der Waals surface area contributed by atoms with Crippen molar-refractivity contribution in [2.45, 2.75) is 6.92 Å². The number of para-hydroxylation sites is 2. The third-order valence-corrected chi connectivity index (χ3v) is 6.95. The fourth-order valence-corrected chi connectivity index (χ4v) is 5.13. The minimum atomic E-state index is -0.626. The van der Waals surface area contributed by atoms with Crippen LogP contribution < -0.4 is 10.1 Å². The van der Waals surface area contributed by atoms with Gasteiger partial charge in [0.25, 0.3) is 5.91 Å². The fourth-order valence-electron chi connectivity index (χ4n) is 4.39. The Balaban J connectivity index is 1.16. The summed E-state index contributed by atoms with van der Waals surface area (Å²) >= 11 is 1.29. The molecule has 4 aromatic carbocycles. The number of nitrogens with zero attached hydrogens (tertiary/aromatic N) is 2. The van der Waals surface area contributed by atoms with Gasteiger partial charge in [0, 0.05) is 21.9 Å². The molecule has 0 radical (unpaired) electrons. The van der Waals surface area contributed by atoms with Gasteiger partial charge in [0.2, 0.25) is 5.89 Å². The third kappa shape index (κ3) is 5.14. The Hall–Kier alpha value is -5.02. The predicted molar refractivity (Wildman–Crippen MR) is 155 cm³/mol. The van der Waals surface area contributed by atoms with Crippen molar-refractivity contribution < 1.29 is 23.5 Å². The van der Waals surface area contributed by atoms with Crippen molar-refractivity contribution in [3.8, 4) is 28.5 Å². The maximum absolute atomic E-state index is 13.2. The van der Waals surface area contributed by atoms with Gasteiger partial charge in [0.05, 0.1) is 17.9 Å². The van der Waals surface area contributed by atoms with Crippen LogP contribution in [0.1, 0.15) is 17.3 Å². The monoisotopic (exact) mass is 549 g/mol. The van der Waals surface area contributed by atoms with Crippen molar-refractivity contribution in [3.05, 3.63) is 95.9 Å². The molecule has 9 heteroatoms. The van der Waals surface area contributed by atoms with E-state index in [9.17, 15) is 9.59 Å². The van der Waals surface area contributed by atoms with Gasteiger partial charge in [0.15, 0.2) is 17.3 Å². The van der Waals surface area contributed by atoms with Crippen molar-refractivity contribution in [2.24, 2.45) is 0 Å². The predicted octanol–water partition coefficient (Wildman–Crippen LogP) is 6.97. The lowest BCUT2D eigenvalue weighted by atomic mass is 9.99. The van der Waals surface area contributed by atoms with Gasteiger partial charge < -0.3 is 13.9 Å². The minimum absolute atomic E-state index is 0.315. The Morgan fingerprint density at radius 3 is 2.52 bits per heavy atom. The van der Waals surface area contributed by atoms with Gasteiger partial charge in [0.1, 0.15) is 11.3 Å². The minimum Gasteiger partial charge on any atom is -0.494 e. The number of hydrogen-bond donors (Lipinski definition) is 1. The zero-order valence-corrected chi connectivity index (χ0v) is 22.2. The summed E-state index contributed by atoms with van der Waals surface area (Å²) in [5.74, 6) is 0.0692. The molecule has 0 fully saturated rings. The number of carbonyl (C=O) groups excluding carboxylic acids is 2. The molecular formula is C31H23N3O5S. The molecule has 0 saturated heterocycles. The van der Waals surface area contributed by atoms with Crippen molar-refractivity contribution >= 4 is 50.2 Å². The molecular weight excluding hydrogens is 526 g/mol. The number of aromatic nitrogens is 2. The molecule has 2 heterocycles. The number of benzene rings is 4. The second-order valence-corrected chi connectivity index (χ2v) is 9.67. The Kier molecular flexibility index (Phi) is 6.95. The maximum atomic E-state index is 13.2. The molecule has 0 atom stereocenters. The van der Waals surface area contributed by atoms with Crippen LogP contribution in [0.25, 0.3) is 44.6 Å². The average molecular weight is 550 g/mol. The molecule has 0 spiro atoms. The Bertz CT molecular complexity index is 1800. The van der Waals surface area contributed by atoms with Gasteiger partial charge in [-0.2, -0.15) is 0 Å². The number of carbonyl (C=O) groups is 2. The van der Waals surface area contributed by atoms with E-state index in [0.29, 0.717) is 39.7 Å². The molecule has 0 saturated carbocycles. The molecule has 0 aliphatic rings. The lowest BCUT2D eigenvalue weighted by molar-refractivity contribution is -0.119. The molecule has 198 valence electrons. The molecule has 2 aromatic heterocycles. The van der Waals surface area contributed by atoms with Crippen LogP contribution in [-0.2, 0) is 9.53 Å². The van der Waals surface area contributed by atoms with Crippen LogP contribution >= 0.6 is 11.3 Å². The van der Waals surface area contributed by atoms with E-state index < -0.39 is 18.5 Å². The van der Waals surface area contributed by atoms with Gasteiger partial charge >= 0.3 is 5.97 Å². The normalized spacial score (nSPS) is 11.0. The van der Waals surface area contributed by atoms with E-state index in [2.05, 4.69) is 15.3 Å². The molecule has 0 unspecified atom stereocenters. The van der Waals surface area contributed by atoms with E-state index in [-0.39, 0.29) is 0 Å². The summed E-state index contributed by atoms with van der Waals surface area (Å²) in [5.41, 5.74) is 3.98. The summed E-state index contributed by atoms with van der Waals surface area (Å²) < 4.78 is 16.9. The number of fused-ring (bicyclic) bond motifs is 2. The average Bonchev–Trinajstić information content (AvgIpc) is 3.63. The molecule has 1 amide bonds. The molecule has 40 heavy (non-hydrogen) atoms. The van der Waals surface area contributed by atoms with E-state index in [0.717, 1.165) is 27.9 Å². The van der Waals surface area contributed by atoms with Crippen LogP contribution in [0.3, 0.4) is 0 Å². The Morgan fingerprint density at radius 1 is 0.925 bits per heavy atom. The van der Waals surface area contributed by atoms with Crippen LogP contribution in [0.15, 0.2) is 94.7 Å². The van der Waals surface area contributed by atoms with Gasteiger partial charge in [-0.05, 0) is 60.8 Å². The van der Waals surface area contributed by atoms with Crippen LogP contribution in [0.2, 0.25) is 0 Å². The number of anilines is 1. The quantitative estimate of drug-likeness (QED) is 0.205. The van der Waals surface area contributed by atoms with Gasteiger partial charge in [-0.25, -0.2) is 14.8 Å². The van der Waals surface area contributed by atoms with Crippen LogP contribution in [-0.4, -0.2) is 35.1 Å². The number of thiazole rings is 1. The molecule has 0 aliphatic heterocycles. The van der Waals surface area contributed by atoms with Gasteiger partial charge in [-0.15, -0.1) is 11.3 Å². The lowest BCUT2D eigenvalue weighted by Gasteiger charge is -2.10. The first-order valence-electron chi connectivity index (χ1n) is 12.6. The SMILES string of the molecule is CCOc1ccc(-c2csc(NC(=O)COC(=O)c3cccc4cccc(-c5nc6ccccc6o5)c34)n2)cc1. The highest BCUT2D eigenvalue weighted by molar-refractivity contribution is 7.14. The maximum Gasteiger partial charge on any atom is 0.339 e. The van der Waals surface area contributed by atoms with E-state index in [4.69, 9.17) is 13.9 Å². The van der Waals surface area contributed by atoms with Crippen LogP contribution in [0.4, 0.5) is 5.13 Å². The summed E-state index contributed by atoms with van der Waals surface area (Å²) in [6.45, 7) is 2.06. The highest BCUT2D eigenvalue weighted by Gasteiger charge is 2.19. The number of nitrogens with one attached hydrogen (secondary N) is 1. The van der Waals surface area contributed by atoms with Gasteiger partial charge in [-0.1, -0.05) is 36.4 Å². The van der Waals surface area contributed by atoms with Crippen molar-refractivity contribution in [1.29, 1.82) is 0 Å². The number of oxazole rings is 1. The zero-order valence-electron chi connectivity index (χ0n) is 21.4. The third-order valence-electron chi connectivity index (χ3n) is 6.19. The number of rotatable bonds is 8. The van der Waals surface area contributed by atoms with E-state index in [1.165, 1.54) is 11.3 Å². The molecule has 6 rings (SSSR count). The zero-order chi connectivity index (χ0) is 27.5. The standard InChI is InChI=1S/C31H23N3O5S/c1-2-37-21-15-13-19(14-16-21)25-18-40-31(33-25)34-27(35)17-38-30(36)23-10-6-8-20-7-5-9-22(28(20)23)29-32-24-11-3-4-12-26(24)39-29/h3-16,18H,2,17H2,1H3,(H,33,34,35). The number of amides is 1. The number of hydrogen-bond acceptors (Lipinski definition) is 8. The topological polar surface area (TPSA) is 104 Å². The Labute approximate surface area is 233 Å². The van der Waals surface area contributed by atoms with Crippen molar-refractivity contribution in [3.63, 3.8) is 0 Å². The van der Waals surface area contributed by atoms with Crippen LogP contribution in [0, 0.1) is 0 Å². The summed E-state index contributed by atoms with van der Waals surface area (Å²) in [4.78, 5) is 34.8. The summed E-state index contributed by atoms with van der Waals surface area (Å²) in [6.07, 6.45) is 0. The smallest absolute Gasteiger partial charge is 0.339 e. The van der Waals surface area contributed by atoms with E-state index >= 15 is 0 Å². The molecule has 1 N–H and O–H groups in total. The van der Waals surface area contributed by atoms with E-state index in [1.54, 1.807) is 12.1 Å². The highest BCUT2D eigenvalue weighted by Crippen LogP contribution is 2.33. The highest BCUT2D eigenvalue weighted by atomic mass is 32.1. The second-order valence-electron chi connectivity index (χ2n) is 8.82. The molecule has 0 aliphatic carbocycles. The summed E-state index contributed by atoms with van der Waals surface area (Å²) in [6, 6.07) is 26.0. The largest absolute Gasteiger partial charge is 0.494 e. The first-order chi connectivity index (χ1) is 19.6. The number of esters is 1. The van der Waals surface area contributed by atoms with Crippen molar-refractivity contribution in [2.75, 3.05) is 18.5 Å². The first kappa shape index (κ1) is 25.3. The molecule has 0 bridgehead atoms. The number of ether oxygens (including phenoxy) is 2. The summed E-state index contributed by atoms with van der Waals surface area (Å²) in [7, 11) is 0. The lowest BCUT2D eigenvalue weighted by Crippen LogP contribution is -2.21. The first-order valence-corrected chi connectivity index (χ1v) is 13.5. The van der Waals surface area contributed by atoms with E-state index in [1.807, 2.05) is 85.1 Å². The molecule has 6 aromatic rings. The second kappa shape index (κ2) is 11.0.